The molecule has 1 N–H and O–H groups in total. The summed E-state index contributed by atoms with van der Waals surface area (Å²) in [6, 6.07) is 1.32. The summed E-state index contributed by atoms with van der Waals surface area (Å²) >= 11 is 0. The molecule has 0 aromatic heterocycles. The molecule has 0 aromatic rings. The first-order chi connectivity index (χ1) is 8.11. The maximum absolute atomic E-state index is 3.65. The molecule has 1 saturated carbocycles. The van der Waals surface area contributed by atoms with Crippen LogP contribution in [-0.2, 0) is 0 Å². The summed E-state index contributed by atoms with van der Waals surface area (Å²) in [6.45, 7) is 12.7. The Labute approximate surface area is 108 Å². The Morgan fingerprint density at radius 2 is 1.59 bits per heavy atom. The second-order valence-corrected chi connectivity index (χ2v) is 6.13. The van der Waals surface area contributed by atoms with Gasteiger partial charge in [0.2, 0.25) is 0 Å². The summed E-state index contributed by atoms with van der Waals surface area (Å²) in [7, 11) is 0. The predicted molar refractivity (Wildman–Crippen MR) is 76.4 cm³/mol. The van der Waals surface area contributed by atoms with Gasteiger partial charge in [0.25, 0.3) is 0 Å². The Bertz CT molecular complexity index is 175. The fraction of sp³-hybridized carbons (Fsp3) is 1.00. The van der Waals surface area contributed by atoms with Gasteiger partial charge in [-0.2, -0.15) is 0 Å². The van der Waals surface area contributed by atoms with Crippen molar-refractivity contribution >= 4 is 0 Å². The van der Waals surface area contributed by atoms with Crippen LogP contribution in [0.1, 0.15) is 59.8 Å². The average molecular weight is 240 g/mol. The molecule has 0 spiro atoms. The van der Waals surface area contributed by atoms with Crippen molar-refractivity contribution in [2.75, 3.05) is 19.6 Å². The van der Waals surface area contributed by atoms with E-state index in [-0.39, 0.29) is 0 Å². The third-order valence-electron chi connectivity index (χ3n) is 4.03. The summed E-state index contributed by atoms with van der Waals surface area (Å²) in [5.74, 6) is 0.954. The van der Waals surface area contributed by atoms with Gasteiger partial charge >= 0.3 is 0 Å². The maximum atomic E-state index is 3.65. The molecule has 2 heteroatoms. The molecule has 1 fully saturated rings. The van der Waals surface area contributed by atoms with E-state index in [1.165, 1.54) is 45.2 Å². The van der Waals surface area contributed by atoms with Crippen molar-refractivity contribution in [2.45, 2.75) is 71.9 Å². The standard InChI is InChI=1S/C15H32N2/c1-13(2)17(14(3)4)11-10-16-12-15-8-6-5-7-9-15/h13-16H,5-12H2,1-4H3. The van der Waals surface area contributed by atoms with Gasteiger partial charge in [0.1, 0.15) is 0 Å². The monoisotopic (exact) mass is 240 g/mol. The van der Waals surface area contributed by atoms with E-state index in [9.17, 15) is 0 Å². The Morgan fingerprint density at radius 1 is 1.00 bits per heavy atom. The highest BCUT2D eigenvalue weighted by molar-refractivity contribution is 4.71. The Balaban J connectivity index is 2.09. The Morgan fingerprint density at radius 3 is 2.12 bits per heavy atom. The van der Waals surface area contributed by atoms with Crippen molar-refractivity contribution in [3.63, 3.8) is 0 Å². The van der Waals surface area contributed by atoms with Gasteiger partial charge in [-0.25, -0.2) is 0 Å². The van der Waals surface area contributed by atoms with E-state index in [1.807, 2.05) is 0 Å². The van der Waals surface area contributed by atoms with Crippen LogP contribution in [0.5, 0.6) is 0 Å². The van der Waals surface area contributed by atoms with Crippen LogP contribution in [0.4, 0.5) is 0 Å². The van der Waals surface area contributed by atoms with E-state index < -0.39 is 0 Å². The van der Waals surface area contributed by atoms with Crippen molar-refractivity contribution in [3.05, 3.63) is 0 Å². The lowest BCUT2D eigenvalue weighted by Gasteiger charge is -2.31. The number of nitrogens with one attached hydrogen (secondary N) is 1. The Kier molecular flexibility index (Phi) is 7.14. The lowest BCUT2D eigenvalue weighted by Crippen LogP contribution is -2.42. The summed E-state index contributed by atoms with van der Waals surface area (Å²) in [5.41, 5.74) is 0. The molecule has 0 heterocycles. The van der Waals surface area contributed by atoms with Gasteiger partial charge in [0.15, 0.2) is 0 Å². The molecule has 2 nitrogen and oxygen atoms in total. The van der Waals surface area contributed by atoms with Crippen LogP contribution >= 0.6 is 0 Å². The minimum absolute atomic E-state index is 0.659. The molecule has 0 bridgehead atoms. The fourth-order valence-electron chi connectivity index (χ4n) is 3.02. The SMILES string of the molecule is CC(C)N(CCNCC1CCCCC1)C(C)C. The molecule has 0 amide bonds. The molecule has 0 radical (unpaired) electrons. The van der Waals surface area contributed by atoms with Crippen molar-refractivity contribution in [1.29, 1.82) is 0 Å². The smallest absolute Gasteiger partial charge is 0.0112 e. The highest BCUT2D eigenvalue weighted by Gasteiger charge is 2.14. The fourth-order valence-corrected chi connectivity index (χ4v) is 3.02. The molecule has 0 unspecified atom stereocenters. The lowest BCUT2D eigenvalue weighted by atomic mass is 9.89. The van der Waals surface area contributed by atoms with Gasteiger partial charge in [0.05, 0.1) is 0 Å². The first kappa shape index (κ1) is 15.0. The van der Waals surface area contributed by atoms with Crippen LogP contribution < -0.4 is 5.32 Å². The summed E-state index contributed by atoms with van der Waals surface area (Å²) in [4.78, 5) is 2.56. The number of nitrogens with zero attached hydrogens (tertiary/aromatic N) is 1. The van der Waals surface area contributed by atoms with Crippen molar-refractivity contribution in [3.8, 4) is 0 Å². The minimum atomic E-state index is 0.659. The molecule has 1 rings (SSSR count). The highest BCUT2D eigenvalue weighted by Crippen LogP contribution is 2.22. The first-order valence-electron chi connectivity index (χ1n) is 7.57. The van der Waals surface area contributed by atoms with Gasteiger partial charge in [-0.15, -0.1) is 0 Å². The van der Waals surface area contributed by atoms with Crippen molar-refractivity contribution in [2.24, 2.45) is 5.92 Å². The summed E-state index contributed by atoms with van der Waals surface area (Å²) < 4.78 is 0. The molecule has 0 aromatic carbocycles. The van der Waals surface area contributed by atoms with Crippen LogP contribution in [0, 0.1) is 5.92 Å². The highest BCUT2D eigenvalue weighted by atomic mass is 15.2. The molecule has 1 aliphatic carbocycles. The van der Waals surface area contributed by atoms with E-state index in [0.717, 1.165) is 12.5 Å². The van der Waals surface area contributed by atoms with Gasteiger partial charge in [0, 0.05) is 25.2 Å². The van der Waals surface area contributed by atoms with Gasteiger partial charge in [-0.3, -0.25) is 4.90 Å². The third kappa shape index (κ3) is 5.87. The largest absolute Gasteiger partial charge is 0.315 e. The molecular formula is C15H32N2. The topological polar surface area (TPSA) is 15.3 Å². The molecule has 0 aliphatic heterocycles. The lowest BCUT2D eigenvalue weighted by molar-refractivity contribution is 0.174. The van der Waals surface area contributed by atoms with E-state index in [0.29, 0.717) is 12.1 Å². The molecular weight excluding hydrogens is 208 g/mol. The Hall–Kier alpha value is -0.0800. The van der Waals surface area contributed by atoms with E-state index in [1.54, 1.807) is 0 Å². The zero-order valence-electron chi connectivity index (χ0n) is 12.3. The number of hydrogen-bond donors (Lipinski definition) is 1. The second-order valence-electron chi connectivity index (χ2n) is 6.13. The number of rotatable bonds is 7. The maximum Gasteiger partial charge on any atom is 0.0112 e. The van der Waals surface area contributed by atoms with E-state index in [4.69, 9.17) is 0 Å². The van der Waals surface area contributed by atoms with Crippen LogP contribution in [0.2, 0.25) is 0 Å². The van der Waals surface area contributed by atoms with Crippen molar-refractivity contribution in [1.82, 2.24) is 10.2 Å². The molecule has 0 atom stereocenters. The quantitative estimate of drug-likeness (QED) is 0.687. The van der Waals surface area contributed by atoms with Gasteiger partial charge in [-0.05, 0) is 53.0 Å². The molecule has 1 aliphatic rings. The van der Waals surface area contributed by atoms with Crippen LogP contribution in [0.25, 0.3) is 0 Å². The molecule has 17 heavy (non-hydrogen) atoms. The van der Waals surface area contributed by atoms with Gasteiger partial charge in [-0.1, -0.05) is 19.3 Å². The number of hydrogen-bond acceptors (Lipinski definition) is 2. The minimum Gasteiger partial charge on any atom is -0.315 e. The van der Waals surface area contributed by atoms with Crippen molar-refractivity contribution < 1.29 is 0 Å². The normalized spacial score (nSPS) is 18.5. The predicted octanol–water partition coefficient (Wildman–Crippen LogP) is 3.28. The van der Waals surface area contributed by atoms with Crippen LogP contribution in [-0.4, -0.2) is 36.6 Å². The molecule has 102 valence electrons. The summed E-state index contributed by atoms with van der Waals surface area (Å²) in [6.07, 6.45) is 7.27. The second kappa shape index (κ2) is 8.10. The molecule has 0 saturated heterocycles. The van der Waals surface area contributed by atoms with Gasteiger partial charge < -0.3 is 5.32 Å². The zero-order chi connectivity index (χ0) is 12.7. The van der Waals surface area contributed by atoms with E-state index in [2.05, 4.69) is 37.9 Å². The van der Waals surface area contributed by atoms with Crippen LogP contribution in [0.3, 0.4) is 0 Å². The van der Waals surface area contributed by atoms with Crippen LogP contribution in [0.15, 0.2) is 0 Å². The average Bonchev–Trinajstić information content (AvgIpc) is 2.29. The van der Waals surface area contributed by atoms with E-state index >= 15 is 0 Å². The zero-order valence-corrected chi connectivity index (χ0v) is 12.3. The summed E-state index contributed by atoms with van der Waals surface area (Å²) in [5, 5.41) is 3.65. The first-order valence-corrected chi connectivity index (χ1v) is 7.57. The third-order valence-corrected chi connectivity index (χ3v) is 4.03.